The van der Waals surface area contributed by atoms with Crippen molar-refractivity contribution in [2.45, 2.75) is 12.8 Å². The average molecular weight is 145 g/mol. The van der Waals surface area contributed by atoms with Crippen LogP contribution >= 0.6 is 11.8 Å². The van der Waals surface area contributed by atoms with Crippen LogP contribution in [0.2, 0.25) is 0 Å². The van der Waals surface area contributed by atoms with Gasteiger partial charge in [0.25, 0.3) is 0 Å². The Morgan fingerprint density at radius 3 is 2.78 bits per heavy atom. The summed E-state index contributed by atoms with van der Waals surface area (Å²) in [5.74, 6) is 3.20. The van der Waals surface area contributed by atoms with E-state index >= 15 is 0 Å². The van der Waals surface area contributed by atoms with Gasteiger partial charge in [-0.15, -0.1) is 0 Å². The van der Waals surface area contributed by atoms with E-state index in [1.54, 1.807) is 0 Å². The lowest BCUT2D eigenvalue weighted by Crippen LogP contribution is -2.02. The lowest BCUT2D eigenvalue weighted by Gasteiger charge is -1.93. The van der Waals surface area contributed by atoms with E-state index in [9.17, 15) is 0 Å². The molecule has 0 aromatic heterocycles. The van der Waals surface area contributed by atoms with Gasteiger partial charge in [-0.3, -0.25) is 0 Å². The molecule has 1 nitrogen and oxygen atoms in total. The lowest BCUT2D eigenvalue weighted by molar-refractivity contribution is 0.693. The fraction of sp³-hybridized carbons (Fsp3) is 1.00. The van der Waals surface area contributed by atoms with E-state index in [1.165, 1.54) is 18.6 Å². The minimum absolute atomic E-state index is 0.886. The first kappa shape index (κ1) is 7.42. The molecule has 1 saturated carbocycles. The van der Waals surface area contributed by atoms with Gasteiger partial charge in [-0.2, -0.15) is 11.8 Å². The number of hydrogen-bond donors (Lipinski definition) is 1. The summed E-state index contributed by atoms with van der Waals surface area (Å²) in [6, 6.07) is 0. The third-order valence-electron chi connectivity index (χ3n) is 2.06. The van der Waals surface area contributed by atoms with Crippen LogP contribution in [-0.4, -0.2) is 18.6 Å². The maximum absolute atomic E-state index is 5.49. The summed E-state index contributed by atoms with van der Waals surface area (Å²) in [5, 5.41) is 0. The first-order valence-electron chi connectivity index (χ1n) is 3.57. The summed E-state index contributed by atoms with van der Waals surface area (Å²) in [6.45, 7) is 0.916. The lowest BCUT2D eigenvalue weighted by atomic mass is 10.2. The Bertz CT molecular complexity index is 85.0. The maximum Gasteiger partial charge on any atom is -0.00461 e. The van der Waals surface area contributed by atoms with E-state index in [2.05, 4.69) is 6.26 Å². The van der Waals surface area contributed by atoms with Crippen LogP contribution in [0.1, 0.15) is 12.8 Å². The Kier molecular flexibility index (Phi) is 2.86. The van der Waals surface area contributed by atoms with Crippen molar-refractivity contribution in [2.24, 2.45) is 17.6 Å². The second kappa shape index (κ2) is 3.47. The highest BCUT2D eigenvalue weighted by molar-refractivity contribution is 7.98. The molecule has 0 radical (unpaired) electrons. The van der Waals surface area contributed by atoms with E-state index in [0.29, 0.717) is 0 Å². The van der Waals surface area contributed by atoms with Crippen LogP contribution < -0.4 is 5.73 Å². The van der Waals surface area contributed by atoms with Gasteiger partial charge in [-0.05, 0) is 43.2 Å². The molecule has 54 valence electrons. The molecule has 2 heteroatoms. The molecule has 0 spiro atoms. The fourth-order valence-electron chi connectivity index (χ4n) is 1.22. The zero-order valence-electron chi connectivity index (χ0n) is 5.97. The predicted octanol–water partition coefficient (Wildman–Crippen LogP) is 1.33. The molecule has 1 aliphatic carbocycles. The molecule has 0 heterocycles. The van der Waals surface area contributed by atoms with Crippen molar-refractivity contribution in [2.75, 3.05) is 18.6 Å². The van der Waals surface area contributed by atoms with E-state index in [0.717, 1.165) is 18.4 Å². The van der Waals surface area contributed by atoms with Crippen LogP contribution in [-0.2, 0) is 0 Å². The van der Waals surface area contributed by atoms with Crippen LogP contribution in [0.25, 0.3) is 0 Å². The Labute approximate surface area is 61.4 Å². The van der Waals surface area contributed by atoms with E-state index < -0.39 is 0 Å². The van der Waals surface area contributed by atoms with Gasteiger partial charge in [0.2, 0.25) is 0 Å². The Balaban J connectivity index is 1.92. The molecule has 0 saturated heterocycles. The van der Waals surface area contributed by atoms with E-state index in [1.807, 2.05) is 11.8 Å². The average Bonchev–Trinajstić information content (AvgIpc) is 2.62. The molecule has 9 heavy (non-hydrogen) atoms. The number of thioether (sulfide) groups is 1. The van der Waals surface area contributed by atoms with Crippen molar-refractivity contribution in [3.8, 4) is 0 Å². The highest BCUT2D eigenvalue weighted by atomic mass is 32.2. The van der Waals surface area contributed by atoms with E-state index in [-0.39, 0.29) is 0 Å². The SMILES string of the molecule is CSCC[C@@H]1C[C@H]1CN. The number of hydrogen-bond acceptors (Lipinski definition) is 2. The smallest absolute Gasteiger partial charge is 0.00461 e. The van der Waals surface area contributed by atoms with Gasteiger partial charge in [-0.25, -0.2) is 0 Å². The van der Waals surface area contributed by atoms with Crippen molar-refractivity contribution in [1.82, 2.24) is 0 Å². The molecular weight excluding hydrogens is 130 g/mol. The molecule has 0 unspecified atom stereocenters. The molecular formula is C7H15NS. The molecule has 0 amide bonds. The van der Waals surface area contributed by atoms with Crippen LogP contribution in [0, 0.1) is 11.8 Å². The summed E-state index contributed by atoms with van der Waals surface area (Å²) >= 11 is 1.94. The normalized spacial score (nSPS) is 32.7. The molecule has 1 rings (SSSR count). The van der Waals surface area contributed by atoms with Gasteiger partial charge in [0.05, 0.1) is 0 Å². The van der Waals surface area contributed by atoms with Crippen molar-refractivity contribution in [3.63, 3.8) is 0 Å². The number of nitrogens with two attached hydrogens (primary N) is 1. The minimum Gasteiger partial charge on any atom is -0.330 e. The van der Waals surface area contributed by atoms with Crippen LogP contribution in [0.5, 0.6) is 0 Å². The van der Waals surface area contributed by atoms with Crippen LogP contribution in [0.4, 0.5) is 0 Å². The van der Waals surface area contributed by atoms with Gasteiger partial charge in [0, 0.05) is 0 Å². The zero-order chi connectivity index (χ0) is 6.69. The second-order valence-corrected chi connectivity index (χ2v) is 3.76. The second-order valence-electron chi connectivity index (χ2n) is 2.77. The molecule has 1 aliphatic rings. The number of rotatable bonds is 4. The summed E-state index contributed by atoms with van der Waals surface area (Å²) < 4.78 is 0. The van der Waals surface area contributed by atoms with Gasteiger partial charge in [0.15, 0.2) is 0 Å². The van der Waals surface area contributed by atoms with Crippen molar-refractivity contribution in [3.05, 3.63) is 0 Å². The highest BCUT2D eigenvalue weighted by Gasteiger charge is 2.34. The molecule has 0 aromatic carbocycles. The zero-order valence-corrected chi connectivity index (χ0v) is 6.79. The topological polar surface area (TPSA) is 26.0 Å². The van der Waals surface area contributed by atoms with Gasteiger partial charge in [-0.1, -0.05) is 0 Å². The third-order valence-corrected chi connectivity index (χ3v) is 2.71. The summed E-state index contributed by atoms with van der Waals surface area (Å²) in [5.41, 5.74) is 5.49. The largest absolute Gasteiger partial charge is 0.330 e. The van der Waals surface area contributed by atoms with Gasteiger partial charge >= 0.3 is 0 Å². The molecule has 2 atom stereocenters. The third kappa shape index (κ3) is 2.18. The quantitative estimate of drug-likeness (QED) is 0.646. The summed E-state index contributed by atoms with van der Waals surface area (Å²) in [7, 11) is 0. The first-order valence-corrected chi connectivity index (χ1v) is 4.97. The molecule has 1 fully saturated rings. The molecule has 0 bridgehead atoms. The summed E-state index contributed by atoms with van der Waals surface area (Å²) in [6.07, 6.45) is 4.96. The van der Waals surface area contributed by atoms with Gasteiger partial charge < -0.3 is 5.73 Å². The minimum atomic E-state index is 0.886. The van der Waals surface area contributed by atoms with Gasteiger partial charge in [0.1, 0.15) is 0 Å². The predicted molar refractivity (Wildman–Crippen MR) is 43.7 cm³/mol. The van der Waals surface area contributed by atoms with Crippen LogP contribution in [0.15, 0.2) is 0 Å². The van der Waals surface area contributed by atoms with Crippen molar-refractivity contribution >= 4 is 11.8 Å². The van der Waals surface area contributed by atoms with Crippen molar-refractivity contribution < 1.29 is 0 Å². The monoisotopic (exact) mass is 145 g/mol. The van der Waals surface area contributed by atoms with E-state index in [4.69, 9.17) is 5.73 Å². The fourth-order valence-corrected chi connectivity index (χ4v) is 1.76. The highest BCUT2D eigenvalue weighted by Crippen LogP contribution is 2.40. The standard InChI is InChI=1S/C7H15NS/c1-9-3-2-6-4-7(6)5-8/h6-7H,2-5,8H2,1H3/t6-,7+/m1/s1. The molecule has 2 N–H and O–H groups in total. The Morgan fingerprint density at radius 2 is 2.33 bits per heavy atom. The Morgan fingerprint density at radius 1 is 1.56 bits per heavy atom. The Hall–Kier alpha value is 0.310. The maximum atomic E-state index is 5.49. The summed E-state index contributed by atoms with van der Waals surface area (Å²) in [4.78, 5) is 0. The first-order chi connectivity index (χ1) is 4.38. The van der Waals surface area contributed by atoms with Crippen LogP contribution in [0.3, 0.4) is 0 Å². The molecule has 0 aliphatic heterocycles. The van der Waals surface area contributed by atoms with Crippen molar-refractivity contribution in [1.29, 1.82) is 0 Å². The molecule has 0 aromatic rings.